The van der Waals surface area contributed by atoms with E-state index in [1.807, 2.05) is 0 Å². The van der Waals surface area contributed by atoms with Gasteiger partial charge < -0.3 is 15.3 Å². The minimum atomic E-state index is -0.454. The number of carbonyl (C=O) groups excluding carboxylic acids is 1. The van der Waals surface area contributed by atoms with Crippen LogP contribution in [-0.2, 0) is 0 Å². The average molecular weight is 266 g/mol. The third-order valence-corrected chi connectivity index (χ3v) is 3.40. The second-order valence-corrected chi connectivity index (χ2v) is 5.17. The predicted molar refractivity (Wildman–Crippen MR) is 71.5 cm³/mol. The number of rotatable bonds is 4. The molecular weight excluding hydrogens is 247 g/mol. The molecule has 0 spiro atoms. The standard InChI is InChI=1S/C14H19FN2O2/c1-9-7-11(15)5-6-12(9)16-14(19)17(2)8-13(18)10-3-4-10/h5-7,10,13,18H,3-4,8H2,1-2H3,(H,16,19). The lowest BCUT2D eigenvalue weighted by Gasteiger charge is -2.21. The maximum absolute atomic E-state index is 13.0. The van der Waals surface area contributed by atoms with E-state index in [0.717, 1.165) is 12.8 Å². The topological polar surface area (TPSA) is 52.6 Å². The molecule has 1 aliphatic rings. The lowest BCUT2D eigenvalue weighted by atomic mass is 10.2. The molecule has 1 unspecified atom stereocenters. The third kappa shape index (κ3) is 3.67. The van der Waals surface area contributed by atoms with Gasteiger partial charge in [-0.2, -0.15) is 0 Å². The van der Waals surface area contributed by atoms with Gasteiger partial charge in [-0.3, -0.25) is 0 Å². The molecule has 19 heavy (non-hydrogen) atoms. The Kier molecular flexibility index (Phi) is 4.04. The zero-order valence-corrected chi connectivity index (χ0v) is 11.2. The number of nitrogens with one attached hydrogen (secondary N) is 1. The SMILES string of the molecule is Cc1cc(F)ccc1NC(=O)N(C)CC(O)C1CC1. The number of aliphatic hydroxyl groups excluding tert-OH is 1. The van der Waals surface area contributed by atoms with Gasteiger partial charge in [0.15, 0.2) is 0 Å². The molecule has 1 aromatic carbocycles. The van der Waals surface area contributed by atoms with Crippen LogP contribution in [-0.4, -0.2) is 35.7 Å². The van der Waals surface area contributed by atoms with Gasteiger partial charge in [0.2, 0.25) is 0 Å². The van der Waals surface area contributed by atoms with Crippen LogP contribution < -0.4 is 5.32 Å². The van der Waals surface area contributed by atoms with E-state index in [-0.39, 0.29) is 11.8 Å². The zero-order chi connectivity index (χ0) is 14.0. The molecule has 2 rings (SSSR count). The Balaban J connectivity index is 1.91. The number of benzene rings is 1. The Hall–Kier alpha value is -1.62. The van der Waals surface area contributed by atoms with Gasteiger partial charge in [-0.15, -0.1) is 0 Å². The summed E-state index contributed by atoms with van der Waals surface area (Å²) in [6.07, 6.45) is 1.62. The Morgan fingerprint density at radius 1 is 1.58 bits per heavy atom. The van der Waals surface area contributed by atoms with E-state index in [1.54, 1.807) is 14.0 Å². The number of carbonyl (C=O) groups is 1. The fourth-order valence-corrected chi connectivity index (χ4v) is 1.97. The number of aliphatic hydroxyl groups is 1. The van der Waals surface area contributed by atoms with Crippen LogP contribution in [0.2, 0.25) is 0 Å². The summed E-state index contributed by atoms with van der Waals surface area (Å²) >= 11 is 0. The van der Waals surface area contributed by atoms with Gasteiger partial charge in [-0.25, -0.2) is 9.18 Å². The normalized spacial score (nSPS) is 16.0. The summed E-state index contributed by atoms with van der Waals surface area (Å²) < 4.78 is 13.0. The van der Waals surface area contributed by atoms with E-state index in [2.05, 4.69) is 5.32 Å². The van der Waals surface area contributed by atoms with Crippen molar-refractivity contribution in [2.24, 2.45) is 5.92 Å². The summed E-state index contributed by atoms with van der Waals surface area (Å²) in [5, 5.41) is 12.5. The number of nitrogens with zero attached hydrogens (tertiary/aromatic N) is 1. The van der Waals surface area contributed by atoms with Gasteiger partial charge >= 0.3 is 6.03 Å². The molecule has 0 aromatic heterocycles. The number of hydrogen-bond acceptors (Lipinski definition) is 2. The van der Waals surface area contributed by atoms with E-state index in [1.165, 1.54) is 23.1 Å². The smallest absolute Gasteiger partial charge is 0.321 e. The molecule has 2 N–H and O–H groups in total. The Labute approximate surface area is 112 Å². The van der Waals surface area contributed by atoms with Crippen LogP contribution in [0.3, 0.4) is 0 Å². The molecule has 1 aromatic rings. The maximum Gasteiger partial charge on any atom is 0.321 e. The highest BCUT2D eigenvalue weighted by Crippen LogP contribution is 2.32. The van der Waals surface area contributed by atoms with E-state index in [0.29, 0.717) is 23.7 Å². The summed E-state index contributed by atoms with van der Waals surface area (Å²) in [6.45, 7) is 2.05. The van der Waals surface area contributed by atoms with Crippen LogP contribution in [0.1, 0.15) is 18.4 Å². The number of amides is 2. The molecule has 5 heteroatoms. The maximum atomic E-state index is 13.0. The number of halogens is 1. The molecule has 104 valence electrons. The highest BCUT2D eigenvalue weighted by atomic mass is 19.1. The summed E-state index contributed by atoms with van der Waals surface area (Å²) in [5.41, 5.74) is 1.25. The Bertz CT molecular complexity index is 475. The van der Waals surface area contributed by atoms with Crippen LogP contribution >= 0.6 is 0 Å². The second-order valence-electron chi connectivity index (χ2n) is 5.17. The van der Waals surface area contributed by atoms with Crippen molar-refractivity contribution in [3.05, 3.63) is 29.6 Å². The van der Waals surface area contributed by atoms with Crippen LogP contribution in [0.25, 0.3) is 0 Å². The summed E-state index contributed by atoms with van der Waals surface area (Å²) in [5.74, 6) is 0.0100. The summed E-state index contributed by atoms with van der Waals surface area (Å²) in [7, 11) is 1.64. The molecule has 0 bridgehead atoms. The number of likely N-dealkylation sites (N-methyl/N-ethyl adjacent to an activating group) is 1. The highest BCUT2D eigenvalue weighted by Gasteiger charge is 2.31. The largest absolute Gasteiger partial charge is 0.391 e. The van der Waals surface area contributed by atoms with Gasteiger partial charge in [0.05, 0.1) is 6.10 Å². The lowest BCUT2D eigenvalue weighted by Crippen LogP contribution is -2.38. The Morgan fingerprint density at radius 3 is 2.84 bits per heavy atom. The minimum Gasteiger partial charge on any atom is -0.391 e. The van der Waals surface area contributed by atoms with Crippen molar-refractivity contribution in [2.75, 3.05) is 18.9 Å². The molecule has 1 fully saturated rings. The summed E-state index contributed by atoms with van der Waals surface area (Å²) in [4.78, 5) is 13.4. The first-order valence-corrected chi connectivity index (χ1v) is 6.43. The first-order chi connectivity index (χ1) is 8.97. The highest BCUT2D eigenvalue weighted by molar-refractivity contribution is 5.89. The molecule has 0 saturated heterocycles. The summed E-state index contributed by atoms with van der Waals surface area (Å²) in [6, 6.07) is 3.92. The fraction of sp³-hybridized carbons (Fsp3) is 0.500. The van der Waals surface area contributed by atoms with Crippen molar-refractivity contribution in [1.82, 2.24) is 4.90 Å². The van der Waals surface area contributed by atoms with E-state index < -0.39 is 6.10 Å². The van der Waals surface area contributed by atoms with Crippen molar-refractivity contribution >= 4 is 11.7 Å². The van der Waals surface area contributed by atoms with E-state index in [9.17, 15) is 14.3 Å². The lowest BCUT2D eigenvalue weighted by molar-refractivity contribution is 0.117. The molecule has 4 nitrogen and oxygen atoms in total. The quantitative estimate of drug-likeness (QED) is 0.879. The first kappa shape index (κ1) is 13.8. The van der Waals surface area contributed by atoms with E-state index >= 15 is 0 Å². The molecule has 1 saturated carbocycles. The first-order valence-electron chi connectivity index (χ1n) is 6.43. The van der Waals surface area contributed by atoms with Gasteiger partial charge in [-0.1, -0.05) is 0 Å². The van der Waals surface area contributed by atoms with Crippen LogP contribution in [0.15, 0.2) is 18.2 Å². The molecular formula is C14H19FN2O2. The molecule has 1 atom stereocenters. The van der Waals surface area contributed by atoms with Crippen LogP contribution in [0.4, 0.5) is 14.9 Å². The number of hydrogen-bond donors (Lipinski definition) is 2. The zero-order valence-electron chi connectivity index (χ0n) is 11.2. The van der Waals surface area contributed by atoms with Gasteiger partial charge in [-0.05, 0) is 49.4 Å². The van der Waals surface area contributed by atoms with Gasteiger partial charge in [0, 0.05) is 19.3 Å². The van der Waals surface area contributed by atoms with Gasteiger partial charge in [0.25, 0.3) is 0 Å². The van der Waals surface area contributed by atoms with Crippen molar-refractivity contribution in [2.45, 2.75) is 25.9 Å². The number of aryl methyl sites for hydroxylation is 1. The monoisotopic (exact) mass is 266 g/mol. The molecule has 1 aliphatic carbocycles. The predicted octanol–water partition coefficient (Wildman–Crippen LogP) is 2.37. The van der Waals surface area contributed by atoms with Crippen LogP contribution in [0, 0.1) is 18.7 Å². The van der Waals surface area contributed by atoms with Crippen molar-refractivity contribution in [1.29, 1.82) is 0 Å². The Morgan fingerprint density at radius 2 is 2.26 bits per heavy atom. The molecule has 0 radical (unpaired) electrons. The molecule has 0 heterocycles. The number of urea groups is 1. The van der Waals surface area contributed by atoms with E-state index in [4.69, 9.17) is 0 Å². The number of anilines is 1. The second kappa shape index (κ2) is 5.57. The van der Waals surface area contributed by atoms with Gasteiger partial charge in [0.1, 0.15) is 5.82 Å². The van der Waals surface area contributed by atoms with Crippen LogP contribution in [0.5, 0.6) is 0 Å². The molecule has 2 amide bonds. The van der Waals surface area contributed by atoms with Crippen molar-refractivity contribution < 1.29 is 14.3 Å². The molecule has 0 aliphatic heterocycles. The van der Waals surface area contributed by atoms with Crippen molar-refractivity contribution in [3.63, 3.8) is 0 Å². The third-order valence-electron chi connectivity index (χ3n) is 3.40. The minimum absolute atomic E-state index is 0.297. The van der Waals surface area contributed by atoms with Crippen molar-refractivity contribution in [3.8, 4) is 0 Å². The fourth-order valence-electron chi connectivity index (χ4n) is 1.97. The average Bonchev–Trinajstić information content (AvgIpc) is 3.16.